The van der Waals surface area contributed by atoms with Crippen LogP contribution in [0.1, 0.15) is 5.56 Å². The van der Waals surface area contributed by atoms with Gasteiger partial charge in [0.25, 0.3) is 0 Å². The van der Waals surface area contributed by atoms with Crippen molar-refractivity contribution in [3.8, 4) is 11.5 Å². The van der Waals surface area contributed by atoms with Gasteiger partial charge in [0.1, 0.15) is 0 Å². The number of hydrogen-bond acceptors (Lipinski definition) is 6. The van der Waals surface area contributed by atoms with E-state index in [-0.39, 0.29) is 17.1 Å². The van der Waals surface area contributed by atoms with E-state index in [0.29, 0.717) is 0 Å². The summed E-state index contributed by atoms with van der Waals surface area (Å²) in [6.45, 7) is 0. The Morgan fingerprint density at radius 3 is 2.73 bits per heavy atom. The van der Waals surface area contributed by atoms with Crippen LogP contribution in [-0.2, 0) is 0 Å². The van der Waals surface area contributed by atoms with Crippen molar-refractivity contribution in [2.45, 2.75) is 0 Å². The zero-order valence-corrected chi connectivity index (χ0v) is 7.75. The van der Waals surface area contributed by atoms with E-state index < -0.39 is 10.6 Å². The highest BCUT2D eigenvalue weighted by Crippen LogP contribution is 2.37. The highest BCUT2D eigenvalue weighted by atomic mass is 16.6. The van der Waals surface area contributed by atoms with Crippen molar-refractivity contribution < 1.29 is 20.0 Å². The third-order valence-corrected chi connectivity index (χ3v) is 1.73. The van der Waals surface area contributed by atoms with E-state index in [2.05, 4.69) is 9.89 Å². The van der Waals surface area contributed by atoms with E-state index in [0.717, 1.165) is 6.21 Å². The maximum atomic E-state index is 10.7. The van der Waals surface area contributed by atoms with Crippen LogP contribution in [-0.4, -0.2) is 28.6 Å². The van der Waals surface area contributed by atoms with Crippen molar-refractivity contribution in [3.63, 3.8) is 0 Å². The maximum absolute atomic E-state index is 10.7. The molecule has 1 aromatic rings. The van der Waals surface area contributed by atoms with Gasteiger partial charge in [0.2, 0.25) is 5.75 Å². The van der Waals surface area contributed by atoms with Gasteiger partial charge in [0, 0.05) is 0 Å². The SMILES string of the molecule is COc1c(O)ccc(/C=N/O)c1[N+](=O)[O-]. The first-order valence-electron chi connectivity index (χ1n) is 3.83. The van der Waals surface area contributed by atoms with Crippen molar-refractivity contribution in [2.24, 2.45) is 5.16 Å². The number of oxime groups is 1. The highest BCUT2D eigenvalue weighted by molar-refractivity contribution is 5.87. The maximum Gasteiger partial charge on any atom is 0.323 e. The number of rotatable bonds is 3. The summed E-state index contributed by atoms with van der Waals surface area (Å²) < 4.78 is 4.69. The molecule has 0 aromatic heterocycles. The lowest BCUT2D eigenvalue weighted by atomic mass is 10.1. The number of aromatic hydroxyl groups is 1. The minimum Gasteiger partial charge on any atom is -0.504 e. The van der Waals surface area contributed by atoms with Crippen molar-refractivity contribution >= 4 is 11.9 Å². The Hall–Kier alpha value is -2.31. The lowest BCUT2D eigenvalue weighted by Crippen LogP contribution is -1.98. The van der Waals surface area contributed by atoms with Crippen LogP contribution in [0.5, 0.6) is 11.5 Å². The largest absolute Gasteiger partial charge is 0.504 e. The van der Waals surface area contributed by atoms with Crippen molar-refractivity contribution in [3.05, 3.63) is 27.8 Å². The number of ether oxygens (including phenoxy) is 1. The van der Waals surface area contributed by atoms with Crippen LogP contribution in [0.15, 0.2) is 17.3 Å². The van der Waals surface area contributed by atoms with Gasteiger partial charge in [-0.3, -0.25) is 10.1 Å². The number of hydrogen-bond donors (Lipinski definition) is 2. The van der Waals surface area contributed by atoms with E-state index in [9.17, 15) is 15.2 Å². The number of nitro groups is 1. The summed E-state index contributed by atoms with van der Waals surface area (Å²) in [6.07, 6.45) is 0.889. The van der Waals surface area contributed by atoms with Crippen LogP contribution in [0, 0.1) is 10.1 Å². The zero-order chi connectivity index (χ0) is 11.4. The fourth-order valence-corrected chi connectivity index (χ4v) is 1.13. The molecule has 7 nitrogen and oxygen atoms in total. The van der Waals surface area contributed by atoms with E-state index >= 15 is 0 Å². The van der Waals surface area contributed by atoms with Crippen molar-refractivity contribution in [1.29, 1.82) is 0 Å². The first-order chi connectivity index (χ1) is 7.11. The first-order valence-corrected chi connectivity index (χ1v) is 3.83. The predicted molar refractivity (Wildman–Crippen MR) is 50.7 cm³/mol. The second kappa shape index (κ2) is 4.27. The minimum atomic E-state index is -0.727. The van der Waals surface area contributed by atoms with Gasteiger partial charge in [-0.25, -0.2) is 0 Å². The first kappa shape index (κ1) is 10.8. The molecule has 0 aliphatic heterocycles. The van der Waals surface area contributed by atoms with Crippen LogP contribution in [0.3, 0.4) is 0 Å². The van der Waals surface area contributed by atoms with Gasteiger partial charge in [-0.1, -0.05) is 5.16 Å². The molecule has 0 unspecified atom stereocenters. The summed E-state index contributed by atoms with van der Waals surface area (Å²) in [7, 11) is 1.20. The molecule has 0 fully saturated rings. The molecule has 7 heteroatoms. The van der Waals surface area contributed by atoms with Crippen molar-refractivity contribution in [1.82, 2.24) is 0 Å². The van der Waals surface area contributed by atoms with E-state index in [1.807, 2.05) is 0 Å². The average Bonchev–Trinajstić information content (AvgIpc) is 2.20. The molecule has 0 atom stereocenters. The second-order valence-corrected chi connectivity index (χ2v) is 2.56. The van der Waals surface area contributed by atoms with E-state index in [1.165, 1.54) is 19.2 Å². The van der Waals surface area contributed by atoms with Gasteiger partial charge in [-0.15, -0.1) is 0 Å². The number of nitro benzene ring substituents is 1. The van der Waals surface area contributed by atoms with Crippen LogP contribution in [0.2, 0.25) is 0 Å². The molecule has 0 aliphatic carbocycles. The second-order valence-electron chi connectivity index (χ2n) is 2.56. The summed E-state index contributed by atoms with van der Waals surface area (Å²) in [5.41, 5.74) is -0.410. The van der Waals surface area contributed by atoms with Crippen LogP contribution < -0.4 is 4.74 Å². The molecule has 15 heavy (non-hydrogen) atoms. The third-order valence-electron chi connectivity index (χ3n) is 1.73. The topological polar surface area (TPSA) is 105 Å². The highest BCUT2D eigenvalue weighted by Gasteiger charge is 2.23. The number of methoxy groups -OCH3 is 1. The van der Waals surface area contributed by atoms with Crippen LogP contribution in [0.4, 0.5) is 5.69 Å². The molecule has 1 aromatic carbocycles. The van der Waals surface area contributed by atoms with Gasteiger partial charge in [-0.05, 0) is 12.1 Å². The molecule has 0 saturated carbocycles. The molecular formula is C8H8N2O5. The summed E-state index contributed by atoms with van der Waals surface area (Å²) >= 11 is 0. The zero-order valence-electron chi connectivity index (χ0n) is 7.75. The fourth-order valence-electron chi connectivity index (χ4n) is 1.13. The molecule has 0 saturated heterocycles. The molecule has 0 radical (unpaired) electrons. The molecule has 80 valence electrons. The van der Waals surface area contributed by atoms with E-state index in [1.54, 1.807) is 0 Å². The molecule has 0 bridgehead atoms. The Balaban J connectivity index is 3.48. The molecule has 0 amide bonds. The van der Waals surface area contributed by atoms with Gasteiger partial charge in [-0.2, -0.15) is 0 Å². The van der Waals surface area contributed by atoms with Gasteiger partial charge >= 0.3 is 5.69 Å². The smallest absolute Gasteiger partial charge is 0.323 e. The lowest BCUT2D eigenvalue weighted by molar-refractivity contribution is -0.386. The number of phenolic OH excluding ortho intramolecular Hbond substituents is 1. The fraction of sp³-hybridized carbons (Fsp3) is 0.125. The third kappa shape index (κ3) is 1.96. The lowest BCUT2D eigenvalue weighted by Gasteiger charge is -2.05. The van der Waals surface area contributed by atoms with Crippen molar-refractivity contribution in [2.75, 3.05) is 7.11 Å². The Kier molecular flexibility index (Phi) is 3.06. The molecular weight excluding hydrogens is 204 g/mol. The summed E-state index contributed by atoms with van der Waals surface area (Å²) in [6, 6.07) is 2.46. The number of nitrogens with zero attached hydrogens (tertiary/aromatic N) is 2. The molecule has 0 spiro atoms. The minimum absolute atomic E-state index is 0.0390. The number of benzene rings is 1. The van der Waals surface area contributed by atoms with Gasteiger partial charge in [0.15, 0.2) is 5.75 Å². The summed E-state index contributed by atoms with van der Waals surface area (Å²) in [4.78, 5) is 9.97. The Morgan fingerprint density at radius 1 is 1.60 bits per heavy atom. The Labute approximate surface area is 84.4 Å². The molecule has 0 heterocycles. The van der Waals surface area contributed by atoms with E-state index in [4.69, 9.17) is 5.21 Å². The average molecular weight is 212 g/mol. The monoisotopic (exact) mass is 212 g/mol. The molecule has 1 rings (SSSR count). The Morgan fingerprint density at radius 2 is 2.27 bits per heavy atom. The number of phenols is 1. The predicted octanol–water partition coefficient (Wildman–Crippen LogP) is 1.12. The summed E-state index contributed by atoms with van der Waals surface area (Å²) in [5, 5.41) is 31.0. The van der Waals surface area contributed by atoms with Gasteiger partial charge in [0.05, 0.1) is 23.8 Å². The standard InChI is InChI=1S/C8H8N2O5/c1-15-8-6(11)3-2-5(4-9-12)7(8)10(13)14/h2-4,11-12H,1H3/b9-4+. The molecule has 2 N–H and O–H groups in total. The van der Waals surface area contributed by atoms with Crippen LogP contribution in [0.25, 0.3) is 0 Å². The van der Waals surface area contributed by atoms with Gasteiger partial charge < -0.3 is 15.1 Å². The summed E-state index contributed by atoms with van der Waals surface area (Å²) in [5.74, 6) is -0.614. The van der Waals surface area contributed by atoms with Crippen LogP contribution >= 0.6 is 0 Å². The Bertz CT molecular complexity index is 416. The molecule has 0 aliphatic rings. The normalized spacial score (nSPS) is 10.5. The quantitative estimate of drug-likeness (QED) is 0.338.